The van der Waals surface area contributed by atoms with E-state index in [0.717, 1.165) is 18.7 Å². The summed E-state index contributed by atoms with van der Waals surface area (Å²) in [5.41, 5.74) is 0.905. The Balaban J connectivity index is 1.45. The monoisotopic (exact) mass is 387 g/mol. The van der Waals surface area contributed by atoms with E-state index in [-0.39, 0.29) is 17.4 Å². The van der Waals surface area contributed by atoms with Crippen molar-refractivity contribution in [3.05, 3.63) is 27.8 Å². The van der Waals surface area contributed by atoms with Gasteiger partial charge in [0.05, 0.1) is 11.0 Å². The predicted octanol–water partition coefficient (Wildman–Crippen LogP) is 3.55. The molecule has 0 radical (unpaired) electrons. The van der Waals surface area contributed by atoms with Gasteiger partial charge in [-0.15, -0.1) is 0 Å². The molecule has 152 valence electrons. The average Bonchev–Trinajstić information content (AvgIpc) is 3.36. The van der Waals surface area contributed by atoms with Crippen molar-refractivity contribution in [2.75, 3.05) is 26.4 Å². The van der Waals surface area contributed by atoms with E-state index in [0.29, 0.717) is 36.0 Å². The van der Waals surface area contributed by atoms with Gasteiger partial charge in [0.25, 0.3) is 5.69 Å². The highest BCUT2D eigenvalue weighted by Crippen LogP contribution is 2.41. The number of nitro groups is 1. The second-order valence-electron chi connectivity index (χ2n) is 8.70. The molecule has 3 heterocycles. The zero-order valence-corrected chi connectivity index (χ0v) is 16.3. The van der Waals surface area contributed by atoms with Crippen LogP contribution in [0.25, 0.3) is 0 Å². The normalized spacial score (nSPS) is 28.4. The number of benzene rings is 1. The van der Waals surface area contributed by atoms with Crippen LogP contribution in [0.1, 0.15) is 50.5 Å². The van der Waals surface area contributed by atoms with E-state index in [1.54, 1.807) is 6.07 Å². The van der Waals surface area contributed by atoms with Crippen LogP contribution in [-0.2, 0) is 6.54 Å². The third kappa shape index (κ3) is 3.24. The largest absolute Gasteiger partial charge is 0.454 e. The van der Waals surface area contributed by atoms with Crippen LogP contribution in [0.4, 0.5) is 5.69 Å². The summed E-state index contributed by atoms with van der Waals surface area (Å²) in [5, 5.41) is 11.7. The lowest BCUT2D eigenvalue weighted by atomic mass is 9.78. The maximum atomic E-state index is 11.7. The molecular formula is C21H29N3O4. The first-order valence-electron chi connectivity index (χ1n) is 10.8. The third-order valence-electron chi connectivity index (χ3n) is 7.18. The SMILES string of the molecule is O=[N+]([O-])c1cc2c(cc1CN1CCN3CCC[C@H]3[C@@H]1C1CCCCC1)OCO2. The number of nitrogens with zero attached hydrogens (tertiary/aromatic N) is 3. The van der Waals surface area contributed by atoms with Crippen LogP contribution in [-0.4, -0.2) is 53.2 Å². The quantitative estimate of drug-likeness (QED) is 0.581. The fraction of sp³-hybridized carbons (Fsp3) is 0.714. The Labute approximate surface area is 165 Å². The van der Waals surface area contributed by atoms with Crippen molar-refractivity contribution in [2.24, 2.45) is 5.92 Å². The highest BCUT2D eigenvalue weighted by molar-refractivity contribution is 5.55. The number of hydrogen-bond acceptors (Lipinski definition) is 6. The minimum absolute atomic E-state index is 0.140. The summed E-state index contributed by atoms with van der Waals surface area (Å²) < 4.78 is 10.9. The van der Waals surface area contributed by atoms with Crippen LogP contribution in [0.3, 0.4) is 0 Å². The number of rotatable bonds is 4. The molecule has 1 saturated carbocycles. The molecule has 0 bridgehead atoms. The molecule has 1 aromatic rings. The van der Waals surface area contributed by atoms with Gasteiger partial charge in [-0.3, -0.25) is 19.9 Å². The van der Waals surface area contributed by atoms with Gasteiger partial charge in [-0.05, 0) is 44.2 Å². The summed E-state index contributed by atoms with van der Waals surface area (Å²) in [6, 6.07) is 4.50. The van der Waals surface area contributed by atoms with E-state index in [2.05, 4.69) is 9.80 Å². The van der Waals surface area contributed by atoms with E-state index in [4.69, 9.17) is 9.47 Å². The van der Waals surface area contributed by atoms with E-state index >= 15 is 0 Å². The van der Waals surface area contributed by atoms with Crippen molar-refractivity contribution in [2.45, 2.75) is 63.6 Å². The smallest absolute Gasteiger partial charge is 0.277 e. The molecular weight excluding hydrogens is 358 g/mol. The van der Waals surface area contributed by atoms with Gasteiger partial charge in [0.2, 0.25) is 6.79 Å². The fourth-order valence-corrected chi connectivity index (χ4v) is 5.93. The number of nitro benzene ring substituents is 1. The second-order valence-corrected chi connectivity index (χ2v) is 8.70. The van der Waals surface area contributed by atoms with Crippen LogP contribution in [0.15, 0.2) is 12.1 Å². The summed E-state index contributed by atoms with van der Waals surface area (Å²) in [5.74, 6) is 1.84. The molecule has 7 nitrogen and oxygen atoms in total. The van der Waals surface area contributed by atoms with Gasteiger partial charge in [0.1, 0.15) is 0 Å². The first-order chi connectivity index (χ1) is 13.7. The van der Waals surface area contributed by atoms with Crippen molar-refractivity contribution in [1.82, 2.24) is 9.80 Å². The van der Waals surface area contributed by atoms with Crippen LogP contribution >= 0.6 is 0 Å². The molecule has 0 spiro atoms. The molecule has 2 saturated heterocycles. The molecule has 5 rings (SSSR count). The summed E-state index contributed by atoms with van der Waals surface area (Å²) in [6.45, 7) is 4.04. The summed E-state index contributed by atoms with van der Waals surface area (Å²) in [7, 11) is 0. The van der Waals surface area contributed by atoms with Crippen LogP contribution in [0.2, 0.25) is 0 Å². The average molecular weight is 387 g/mol. The van der Waals surface area contributed by atoms with E-state index < -0.39 is 0 Å². The molecule has 0 aromatic heterocycles. The Bertz CT molecular complexity index is 749. The maximum Gasteiger partial charge on any atom is 0.277 e. The molecule has 3 aliphatic heterocycles. The summed E-state index contributed by atoms with van der Waals surface area (Å²) >= 11 is 0. The lowest BCUT2D eigenvalue weighted by Crippen LogP contribution is -2.59. The highest BCUT2D eigenvalue weighted by Gasteiger charge is 2.43. The molecule has 0 N–H and O–H groups in total. The van der Waals surface area contributed by atoms with Crippen molar-refractivity contribution in [1.29, 1.82) is 0 Å². The van der Waals surface area contributed by atoms with Gasteiger partial charge in [0, 0.05) is 37.3 Å². The Kier molecular flexibility index (Phi) is 4.88. The second kappa shape index (κ2) is 7.52. The van der Waals surface area contributed by atoms with Gasteiger partial charge >= 0.3 is 0 Å². The minimum atomic E-state index is -0.279. The molecule has 1 aromatic carbocycles. The number of piperazine rings is 1. The van der Waals surface area contributed by atoms with Crippen LogP contribution in [0.5, 0.6) is 11.5 Å². The molecule has 28 heavy (non-hydrogen) atoms. The zero-order valence-electron chi connectivity index (χ0n) is 16.3. The molecule has 2 atom stereocenters. The topological polar surface area (TPSA) is 68.1 Å². The highest BCUT2D eigenvalue weighted by atomic mass is 16.7. The van der Waals surface area contributed by atoms with Crippen molar-refractivity contribution in [3.63, 3.8) is 0 Å². The Hall–Kier alpha value is -1.86. The van der Waals surface area contributed by atoms with Crippen molar-refractivity contribution >= 4 is 5.69 Å². The Morgan fingerprint density at radius 3 is 2.57 bits per heavy atom. The first-order valence-corrected chi connectivity index (χ1v) is 10.8. The molecule has 7 heteroatoms. The molecule has 0 amide bonds. The predicted molar refractivity (Wildman–Crippen MR) is 105 cm³/mol. The fourth-order valence-electron chi connectivity index (χ4n) is 5.93. The molecule has 3 fully saturated rings. The first kappa shape index (κ1) is 18.2. The van der Waals surface area contributed by atoms with Gasteiger partial charge in [-0.25, -0.2) is 0 Å². The van der Waals surface area contributed by atoms with Gasteiger partial charge < -0.3 is 9.47 Å². The van der Waals surface area contributed by atoms with E-state index in [1.807, 2.05) is 6.07 Å². The van der Waals surface area contributed by atoms with Gasteiger partial charge in [-0.2, -0.15) is 0 Å². The molecule has 4 aliphatic rings. The lowest BCUT2D eigenvalue weighted by Gasteiger charge is -2.49. The summed E-state index contributed by atoms with van der Waals surface area (Å²) in [6.07, 6.45) is 9.15. The number of hydrogen-bond donors (Lipinski definition) is 0. The number of ether oxygens (including phenoxy) is 2. The molecule has 1 aliphatic carbocycles. The van der Waals surface area contributed by atoms with Crippen molar-refractivity contribution < 1.29 is 14.4 Å². The third-order valence-corrected chi connectivity index (χ3v) is 7.18. The van der Waals surface area contributed by atoms with E-state index in [1.165, 1.54) is 51.5 Å². The zero-order chi connectivity index (χ0) is 19.1. The van der Waals surface area contributed by atoms with E-state index in [9.17, 15) is 10.1 Å². The Morgan fingerprint density at radius 2 is 1.79 bits per heavy atom. The Morgan fingerprint density at radius 1 is 1.00 bits per heavy atom. The number of fused-ring (bicyclic) bond motifs is 2. The minimum Gasteiger partial charge on any atom is -0.454 e. The maximum absolute atomic E-state index is 11.7. The van der Waals surface area contributed by atoms with Gasteiger partial charge in [-0.1, -0.05) is 19.3 Å². The van der Waals surface area contributed by atoms with Crippen LogP contribution in [0, 0.1) is 16.0 Å². The lowest BCUT2D eigenvalue weighted by molar-refractivity contribution is -0.385. The standard InChI is InChI=1S/C21H29N3O4/c25-24(26)18-12-20-19(27-14-28-20)11-16(18)13-23-10-9-22-8-4-7-17(22)21(23)15-5-2-1-3-6-15/h11-12,15,17,21H,1-10,13-14H2/t17-,21-/m0/s1. The molecule has 0 unspecified atom stereocenters. The van der Waals surface area contributed by atoms with Gasteiger partial charge in [0.15, 0.2) is 11.5 Å². The summed E-state index contributed by atoms with van der Waals surface area (Å²) in [4.78, 5) is 16.7. The van der Waals surface area contributed by atoms with Crippen LogP contribution < -0.4 is 9.47 Å². The van der Waals surface area contributed by atoms with Crippen molar-refractivity contribution in [3.8, 4) is 11.5 Å².